The number of rotatable bonds is 14. The van der Waals surface area contributed by atoms with Crippen LogP contribution < -0.4 is 24.4 Å². The van der Waals surface area contributed by atoms with Crippen LogP contribution in [-0.4, -0.2) is 105 Å². The maximum Gasteiger partial charge on any atom is 0.297 e. The van der Waals surface area contributed by atoms with Crippen molar-refractivity contribution >= 4 is 61.2 Å². The van der Waals surface area contributed by atoms with E-state index in [1.165, 1.54) is 35.0 Å². The van der Waals surface area contributed by atoms with Crippen molar-refractivity contribution in [3.63, 3.8) is 0 Å². The van der Waals surface area contributed by atoms with Gasteiger partial charge in [-0.05, 0) is 97.9 Å². The van der Waals surface area contributed by atoms with Crippen LogP contribution in [0.5, 0.6) is 17.2 Å². The molecular formula is C49H56ClN7O9S. The van der Waals surface area contributed by atoms with Crippen molar-refractivity contribution in [3.8, 4) is 17.2 Å². The van der Waals surface area contributed by atoms with Gasteiger partial charge < -0.3 is 34.1 Å². The Bertz CT molecular complexity index is 2780. The third-order valence-electron chi connectivity index (χ3n) is 13.4. The molecule has 0 unspecified atom stereocenters. The van der Waals surface area contributed by atoms with E-state index in [0.717, 1.165) is 86.7 Å². The van der Waals surface area contributed by atoms with Crippen molar-refractivity contribution in [1.29, 1.82) is 0 Å². The molecule has 2 aliphatic carbocycles. The summed E-state index contributed by atoms with van der Waals surface area (Å²) in [6, 6.07) is 18.5. The number of nitrogens with one attached hydrogen (secondary N) is 3. The highest BCUT2D eigenvalue weighted by Gasteiger charge is 2.34. The lowest BCUT2D eigenvalue weighted by molar-refractivity contribution is -0.384. The average molecular weight is 955 g/mol. The van der Waals surface area contributed by atoms with Crippen LogP contribution in [0.15, 0.2) is 89.6 Å². The van der Waals surface area contributed by atoms with Crippen LogP contribution in [0.3, 0.4) is 0 Å². The number of ether oxygens (including phenoxy) is 4. The van der Waals surface area contributed by atoms with Crippen LogP contribution in [0.1, 0.15) is 74.7 Å². The highest BCUT2D eigenvalue weighted by Crippen LogP contribution is 2.44. The van der Waals surface area contributed by atoms with E-state index in [4.69, 9.17) is 30.5 Å². The number of carbonyl (C=O) groups excluding carboxylic acids is 1. The highest BCUT2D eigenvalue weighted by atomic mass is 35.5. The smallest absolute Gasteiger partial charge is 0.297 e. The molecule has 1 saturated carbocycles. The molecular weight excluding hydrogens is 898 g/mol. The number of nitro groups is 1. The summed E-state index contributed by atoms with van der Waals surface area (Å²) in [6.45, 7) is 8.90. The summed E-state index contributed by atoms with van der Waals surface area (Å²) in [4.78, 5) is 37.5. The number of nitro benzene ring substituents is 1. The fourth-order valence-electron chi connectivity index (χ4n) is 9.66. The normalized spacial score (nSPS) is 21.0. The van der Waals surface area contributed by atoms with Crippen molar-refractivity contribution in [2.75, 3.05) is 63.3 Å². The number of H-pyrrole nitrogens is 1. The zero-order chi connectivity index (χ0) is 46.9. The Morgan fingerprint density at radius 3 is 2.52 bits per heavy atom. The molecule has 2 aromatic heterocycles. The first kappa shape index (κ1) is 46.4. The zero-order valence-corrected chi connectivity index (χ0v) is 39.5. The van der Waals surface area contributed by atoms with E-state index in [0.29, 0.717) is 24.5 Å². The largest absolute Gasteiger partial charge is 0.489 e. The van der Waals surface area contributed by atoms with Crippen LogP contribution in [-0.2, 0) is 19.5 Å². The van der Waals surface area contributed by atoms with Crippen molar-refractivity contribution in [3.05, 3.63) is 111 Å². The van der Waals surface area contributed by atoms with E-state index in [-0.39, 0.29) is 53.6 Å². The number of sulfonamides is 1. The molecule has 5 aromatic rings. The van der Waals surface area contributed by atoms with E-state index in [2.05, 4.69) is 55.8 Å². The van der Waals surface area contributed by atoms with Crippen LogP contribution in [0.4, 0.5) is 17.1 Å². The zero-order valence-electron chi connectivity index (χ0n) is 37.9. The van der Waals surface area contributed by atoms with Crippen molar-refractivity contribution in [1.82, 2.24) is 19.6 Å². The van der Waals surface area contributed by atoms with Crippen molar-refractivity contribution < 1.29 is 37.1 Å². The number of aromatic amines is 1. The molecule has 0 spiro atoms. The molecule has 0 radical (unpaired) electrons. The lowest BCUT2D eigenvalue weighted by atomic mass is 9.73. The number of aromatic nitrogens is 2. The van der Waals surface area contributed by atoms with E-state index < -0.39 is 37.5 Å². The molecule has 67 heavy (non-hydrogen) atoms. The lowest BCUT2D eigenvalue weighted by Crippen LogP contribution is -2.47. The molecule has 1 amide bonds. The number of halogens is 1. The van der Waals surface area contributed by atoms with Crippen LogP contribution in [0.2, 0.25) is 5.02 Å². The summed E-state index contributed by atoms with van der Waals surface area (Å²) < 4.78 is 53.9. The van der Waals surface area contributed by atoms with E-state index in [9.17, 15) is 23.3 Å². The minimum absolute atomic E-state index is 0.0266. The monoisotopic (exact) mass is 953 g/mol. The topological polar surface area (TPSA) is 190 Å². The molecule has 1 atom stereocenters. The summed E-state index contributed by atoms with van der Waals surface area (Å²) in [5, 5.41) is 17.0. The summed E-state index contributed by atoms with van der Waals surface area (Å²) in [5.41, 5.74) is 5.21. The number of methoxy groups -OCH3 is 1. The number of benzene rings is 3. The molecule has 2 aliphatic heterocycles. The van der Waals surface area contributed by atoms with Gasteiger partial charge in [-0.25, -0.2) is 18.1 Å². The second kappa shape index (κ2) is 19.5. The molecule has 0 bridgehead atoms. The number of amides is 1. The van der Waals surface area contributed by atoms with Gasteiger partial charge in [-0.3, -0.25) is 19.8 Å². The first-order chi connectivity index (χ1) is 32.2. The fourth-order valence-corrected chi connectivity index (χ4v) is 10.8. The Balaban J connectivity index is 0.917. The van der Waals surface area contributed by atoms with Crippen molar-refractivity contribution in [2.45, 2.75) is 81.9 Å². The Morgan fingerprint density at radius 1 is 1.01 bits per heavy atom. The summed E-state index contributed by atoms with van der Waals surface area (Å²) in [6.07, 6.45) is 10.2. The van der Waals surface area contributed by atoms with Gasteiger partial charge in [0, 0.05) is 80.3 Å². The predicted molar refractivity (Wildman–Crippen MR) is 257 cm³/mol. The molecule has 4 aliphatic rings. The minimum Gasteiger partial charge on any atom is -0.489 e. The second-order valence-corrected chi connectivity index (χ2v) is 20.8. The Labute approximate surface area is 395 Å². The van der Waals surface area contributed by atoms with Gasteiger partial charge in [0.2, 0.25) is 0 Å². The van der Waals surface area contributed by atoms with Gasteiger partial charge >= 0.3 is 0 Å². The van der Waals surface area contributed by atoms with Crippen LogP contribution in [0.25, 0.3) is 16.6 Å². The van der Waals surface area contributed by atoms with E-state index in [1.807, 2.05) is 18.2 Å². The highest BCUT2D eigenvalue weighted by molar-refractivity contribution is 7.90. The number of nitrogens with zero attached hydrogens (tertiary/aromatic N) is 4. The van der Waals surface area contributed by atoms with Gasteiger partial charge in [-0.1, -0.05) is 43.2 Å². The average Bonchev–Trinajstić information content (AvgIpc) is 3.79. The summed E-state index contributed by atoms with van der Waals surface area (Å²) >= 11 is 6.24. The third-order valence-corrected chi connectivity index (χ3v) is 15.0. The molecule has 3 aromatic carbocycles. The van der Waals surface area contributed by atoms with Gasteiger partial charge in [0.15, 0.2) is 11.4 Å². The minimum atomic E-state index is -4.68. The standard InChI is InChI=1S/C49H56ClN7O9S/c1-49(2)16-14-41(31-4-6-34(50)7-5-31)33(26-49)28-55-18-20-56(21-19-55)36-8-13-42(44(23-36)66-39-22-32-15-17-51-47(32)52-27-39)48(58)54-67(61,62)40-24-43(57(59)60)46-45(25-40)65-30-35(53-46)29-64-38-11-9-37(63-3)10-12-38/h4-8,13,15,17,22-25,27,35,37-38,53H,9-12,14,16,18-21,26,28-30H2,1-3H3,(H,51,52)(H,54,58)/t35-,37?,38?/m1/s1. The quantitative estimate of drug-likeness (QED) is 0.0707. The lowest BCUT2D eigenvalue weighted by Gasteiger charge is -2.39. The predicted octanol–water partition coefficient (Wildman–Crippen LogP) is 8.97. The Hall–Kier alpha value is -5.72. The second-order valence-electron chi connectivity index (χ2n) is 18.7. The number of piperazine rings is 1. The van der Waals surface area contributed by atoms with E-state index in [1.54, 1.807) is 31.5 Å². The Morgan fingerprint density at radius 2 is 1.78 bits per heavy atom. The SMILES string of the molecule is COC1CCC(OC[C@@H]2COc3cc(S(=O)(=O)NC(=O)c4ccc(N5CCN(CC6=C(c7ccc(Cl)cc7)CCC(C)(C)C6)CC5)cc4Oc4cnc5[nH]ccc5c4)cc([N+](=O)[O-])c3N2)CC1. The van der Waals surface area contributed by atoms with Crippen LogP contribution >= 0.6 is 11.6 Å². The fraction of sp³-hybridized carbons (Fsp3) is 0.429. The van der Waals surface area contributed by atoms with Crippen molar-refractivity contribution in [2.24, 2.45) is 5.41 Å². The number of pyridine rings is 1. The number of hydrogen-bond donors (Lipinski definition) is 3. The molecule has 9 rings (SSSR count). The Kier molecular flexibility index (Phi) is 13.5. The van der Waals surface area contributed by atoms with E-state index >= 15 is 0 Å². The van der Waals surface area contributed by atoms with Gasteiger partial charge in [-0.15, -0.1) is 0 Å². The molecule has 4 heterocycles. The van der Waals surface area contributed by atoms with Gasteiger partial charge in [-0.2, -0.15) is 0 Å². The van der Waals surface area contributed by atoms with Crippen LogP contribution in [0, 0.1) is 15.5 Å². The summed E-state index contributed by atoms with van der Waals surface area (Å²) in [5.74, 6) is -0.571. The molecule has 18 heteroatoms. The molecule has 3 N–H and O–H groups in total. The summed E-state index contributed by atoms with van der Waals surface area (Å²) in [7, 11) is -2.97. The maximum absolute atomic E-state index is 14.1. The maximum atomic E-state index is 14.1. The number of allylic oxidation sites excluding steroid dienone is 1. The van der Waals surface area contributed by atoms with Gasteiger partial charge in [0.05, 0.1) is 46.4 Å². The number of fused-ring (bicyclic) bond motifs is 2. The van der Waals surface area contributed by atoms with Gasteiger partial charge in [0.1, 0.15) is 23.8 Å². The molecule has 2 fully saturated rings. The number of anilines is 2. The molecule has 354 valence electrons. The number of carbonyl (C=O) groups is 1. The molecule has 16 nitrogen and oxygen atoms in total. The van der Waals surface area contributed by atoms with Gasteiger partial charge in [0.25, 0.3) is 21.6 Å². The third kappa shape index (κ3) is 10.7. The molecule has 1 saturated heterocycles. The first-order valence-corrected chi connectivity index (χ1v) is 24.7. The number of hydrogen-bond acceptors (Lipinski definition) is 13. The first-order valence-electron chi connectivity index (χ1n) is 22.8.